The first-order valence-corrected chi connectivity index (χ1v) is 8.07. The smallest absolute Gasteiger partial charge is 0.303 e. The third-order valence-corrected chi connectivity index (χ3v) is 4.71. The highest BCUT2D eigenvalue weighted by Crippen LogP contribution is 2.53. The highest BCUT2D eigenvalue weighted by atomic mass is 16.5. The maximum Gasteiger partial charge on any atom is 0.303 e. The number of ether oxygens (including phenoxy) is 3. The molecule has 0 bridgehead atoms. The number of hydrogen-bond donors (Lipinski definition) is 1. The Balaban J connectivity index is 2.10. The molecule has 1 unspecified atom stereocenters. The van der Waals surface area contributed by atoms with Crippen LogP contribution in [0.3, 0.4) is 0 Å². The Morgan fingerprint density at radius 1 is 1.54 bits per heavy atom. The highest BCUT2D eigenvalue weighted by molar-refractivity contribution is 5.67. The molecule has 5 nitrogen and oxygen atoms in total. The van der Waals surface area contributed by atoms with Crippen molar-refractivity contribution in [2.45, 2.75) is 37.5 Å². The number of carbonyl (C=O) groups is 1. The Morgan fingerprint density at radius 2 is 2.33 bits per heavy atom. The summed E-state index contributed by atoms with van der Waals surface area (Å²) in [5.74, 6) is 1.17. The number of esters is 1. The van der Waals surface area contributed by atoms with Crippen LogP contribution in [0.4, 0.5) is 0 Å². The van der Waals surface area contributed by atoms with Gasteiger partial charge in [0.2, 0.25) is 0 Å². The lowest BCUT2D eigenvalue weighted by molar-refractivity contribution is -0.145. The van der Waals surface area contributed by atoms with Gasteiger partial charge in [0, 0.05) is 25.5 Å². The fourth-order valence-electron chi connectivity index (χ4n) is 3.69. The molecule has 0 aromatic heterocycles. The molecule has 0 saturated carbocycles. The minimum atomic E-state index is -0.438. The molecule has 3 atom stereocenters. The van der Waals surface area contributed by atoms with Crippen LogP contribution in [0.15, 0.2) is 36.9 Å². The van der Waals surface area contributed by atoms with Crippen LogP contribution in [0.1, 0.15) is 24.5 Å². The van der Waals surface area contributed by atoms with Gasteiger partial charge >= 0.3 is 5.97 Å². The van der Waals surface area contributed by atoms with Gasteiger partial charge in [0.05, 0.1) is 12.5 Å². The zero-order valence-corrected chi connectivity index (χ0v) is 14.3. The van der Waals surface area contributed by atoms with Gasteiger partial charge in [0.15, 0.2) is 11.5 Å². The molecule has 0 radical (unpaired) electrons. The molecule has 1 aromatic carbocycles. The van der Waals surface area contributed by atoms with E-state index < -0.39 is 5.41 Å². The first kappa shape index (κ1) is 16.6. The molecule has 1 aromatic rings. The SMILES string of the molecule is C=C[C@@]12C=C[C@H](OC(C)=O)CC1Oc1c(OC)ccc(CNC)c12. The molecule has 24 heavy (non-hydrogen) atoms. The number of carbonyl (C=O) groups excluding carboxylic acids is 1. The molecule has 5 heteroatoms. The predicted molar refractivity (Wildman–Crippen MR) is 91.4 cm³/mol. The Labute approximate surface area is 142 Å². The van der Waals surface area contributed by atoms with E-state index >= 15 is 0 Å². The lowest BCUT2D eigenvalue weighted by Gasteiger charge is -2.34. The van der Waals surface area contributed by atoms with Crippen molar-refractivity contribution in [1.82, 2.24) is 5.32 Å². The van der Waals surface area contributed by atoms with Gasteiger partial charge in [0.1, 0.15) is 12.2 Å². The second kappa shape index (κ2) is 6.32. The maximum absolute atomic E-state index is 11.3. The standard InChI is InChI=1S/C19H23NO4/c1-5-19-9-8-14(23-12(2)21)10-16(19)24-18-15(22-4)7-6-13(11-20-3)17(18)19/h5-9,14,16,20H,1,10-11H2,2-4H3/t14-,16?,19+/m0/s1. The van der Waals surface area contributed by atoms with E-state index in [1.54, 1.807) is 7.11 Å². The van der Waals surface area contributed by atoms with E-state index in [-0.39, 0.29) is 18.2 Å². The van der Waals surface area contributed by atoms with Crippen molar-refractivity contribution in [2.75, 3.05) is 14.2 Å². The molecule has 0 fully saturated rings. The van der Waals surface area contributed by atoms with E-state index in [0.717, 1.165) is 23.4 Å². The van der Waals surface area contributed by atoms with Gasteiger partial charge in [-0.2, -0.15) is 0 Å². The molecule has 1 aliphatic carbocycles. The highest BCUT2D eigenvalue weighted by Gasteiger charge is 2.50. The summed E-state index contributed by atoms with van der Waals surface area (Å²) in [6, 6.07) is 3.98. The fourth-order valence-corrected chi connectivity index (χ4v) is 3.69. The monoisotopic (exact) mass is 329 g/mol. The molecule has 0 spiro atoms. The van der Waals surface area contributed by atoms with Gasteiger partial charge in [-0.15, -0.1) is 6.58 Å². The molecule has 1 heterocycles. The summed E-state index contributed by atoms with van der Waals surface area (Å²) in [6.45, 7) is 6.20. The summed E-state index contributed by atoms with van der Waals surface area (Å²) < 4.78 is 17.1. The summed E-state index contributed by atoms with van der Waals surface area (Å²) >= 11 is 0. The van der Waals surface area contributed by atoms with Gasteiger partial charge in [-0.3, -0.25) is 4.79 Å². The van der Waals surface area contributed by atoms with Crippen LogP contribution in [0.25, 0.3) is 0 Å². The van der Waals surface area contributed by atoms with Crippen molar-refractivity contribution in [3.05, 3.63) is 48.1 Å². The first-order chi connectivity index (χ1) is 11.6. The first-order valence-electron chi connectivity index (χ1n) is 8.07. The van der Waals surface area contributed by atoms with Gasteiger partial charge in [-0.1, -0.05) is 18.2 Å². The van der Waals surface area contributed by atoms with Gasteiger partial charge < -0.3 is 19.5 Å². The van der Waals surface area contributed by atoms with Crippen molar-refractivity contribution in [3.63, 3.8) is 0 Å². The van der Waals surface area contributed by atoms with Gasteiger partial charge in [-0.05, 0) is 24.8 Å². The van der Waals surface area contributed by atoms with Crippen LogP contribution >= 0.6 is 0 Å². The topological polar surface area (TPSA) is 56.8 Å². The van der Waals surface area contributed by atoms with Crippen molar-refractivity contribution in [3.8, 4) is 11.5 Å². The Bertz CT molecular complexity index is 697. The molecule has 3 rings (SSSR count). The van der Waals surface area contributed by atoms with Crippen LogP contribution in [0, 0.1) is 0 Å². The van der Waals surface area contributed by atoms with Gasteiger partial charge in [-0.25, -0.2) is 0 Å². The number of nitrogens with one attached hydrogen (secondary N) is 1. The fraction of sp³-hybridized carbons (Fsp3) is 0.421. The normalized spacial score (nSPS) is 27.0. The van der Waals surface area contributed by atoms with Crippen LogP contribution in [0.2, 0.25) is 0 Å². The molecule has 1 aliphatic heterocycles. The van der Waals surface area contributed by atoms with Crippen molar-refractivity contribution < 1.29 is 19.0 Å². The second-order valence-corrected chi connectivity index (χ2v) is 6.15. The maximum atomic E-state index is 11.3. The summed E-state index contributed by atoms with van der Waals surface area (Å²) in [6.07, 6.45) is 6.02. The van der Waals surface area contributed by atoms with Crippen molar-refractivity contribution >= 4 is 5.97 Å². The van der Waals surface area contributed by atoms with Crippen LogP contribution in [-0.2, 0) is 21.5 Å². The molecule has 1 N–H and O–H groups in total. The predicted octanol–water partition coefficient (Wildman–Crippen LogP) is 2.49. The summed E-state index contributed by atoms with van der Waals surface area (Å²) in [5, 5.41) is 3.20. The number of hydrogen-bond acceptors (Lipinski definition) is 5. The Hall–Kier alpha value is -2.27. The van der Waals surface area contributed by atoms with E-state index in [9.17, 15) is 4.79 Å². The molecule has 128 valence electrons. The zero-order valence-electron chi connectivity index (χ0n) is 14.3. The number of benzene rings is 1. The number of methoxy groups -OCH3 is 1. The third-order valence-electron chi connectivity index (χ3n) is 4.71. The van der Waals surface area contributed by atoms with E-state index in [0.29, 0.717) is 12.2 Å². The lowest BCUT2D eigenvalue weighted by Crippen LogP contribution is -2.41. The molecule has 2 aliphatic rings. The summed E-state index contributed by atoms with van der Waals surface area (Å²) in [7, 11) is 3.55. The van der Waals surface area contributed by atoms with Crippen molar-refractivity contribution in [1.29, 1.82) is 0 Å². The molecular weight excluding hydrogens is 306 g/mol. The quantitative estimate of drug-likeness (QED) is 0.664. The minimum Gasteiger partial charge on any atom is -0.493 e. The van der Waals surface area contributed by atoms with Crippen LogP contribution in [-0.4, -0.2) is 32.3 Å². The lowest BCUT2D eigenvalue weighted by atomic mass is 9.70. The van der Waals surface area contributed by atoms with E-state index in [1.807, 2.05) is 31.3 Å². The molecule has 0 saturated heterocycles. The van der Waals surface area contributed by atoms with Crippen molar-refractivity contribution in [2.24, 2.45) is 0 Å². The van der Waals surface area contributed by atoms with Gasteiger partial charge in [0.25, 0.3) is 0 Å². The van der Waals surface area contributed by atoms with Crippen LogP contribution in [0.5, 0.6) is 11.5 Å². The summed E-state index contributed by atoms with van der Waals surface area (Å²) in [5.41, 5.74) is 1.78. The van der Waals surface area contributed by atoms with E-state index in [2.05, 4.69) is 18.0 Å². The average molecular weight is 329 g/mol. The largest absolute Gasteiger partial charge is 0.493 e. The van der Waals surface area contributed by atoms with E-state index in [4.69, 9.17) is 14.2 Å². The second-order valence-electron chi connectivity index (χ2n) is 6.15. The number of rotatable bonds is 5. The zero-order chi connectivity index (χ0) is 17.3. The minimum absolute atomic E-state index is 0.175. The summed E-state index contributed by atoms with van der Waals surface area (Å²) in [4.78, 5) is 11.3. The Kier molecular flexibility index (Phi) is 4.37. The van der Waals surface area contributed by atoms with E-state index in [1.165, 1.54) is 6.92 Å². The molecule has 0 amide bonds. The molecular formula is C19H23NO4. The Morgan fingerprint density at radius 3 is 2.96 bits per heavy atom. The van der Waals surface area contributed by atoms with Crippen LogP contribution < -0.4 is 14.8 Å². The third kappa shape index (κ3) is 2.49. The average Bonchev–Trinajstić information content (AvgIpc) is 2.90. The number of fused-ring (bicyclic) bond motifs is 3.